The molecule has 0 unspecified atom stereocenters. The largest absolute Gasteiger partial charge is 0.380 e. The Balaban J connectivity index is 1.92. The van der Waals surface area contributed by atoms with Crippen LogP contribution in [-0.4, -0.2) is 25.3 Å². The molecule has 1 fully saturated rings. The lowest BCUT2D eigenvalue weighted by Crippen LogP contribution is -2.51. The summed E-state index contributed by atoms with van der Waals surface area (Å²) in [7, 11) is 0. The maximum absolute atomic E-state index is 5.52. The van der Waals surface area contributed by atoms with Crippen LogP contribution in [0.1, 0.15) is 52.4 Å². The van der Waals surface area contributed by atoms with Crippen molar-refractivity contribution in [1.29, 1.82) is 0 Å². The number of ether oxygens (including phenoxy) is 1. The van der Waals surface area contributed by atoms with Gasteiger partial charge in [-0.3, -0.25) is 0 Å². The zero-order chi connectivity index (χ0) is 10.3. The molecule has 0 aliphatic heterocycles. The van der Waals surface area contributed by atoms with Crippen LogP contribution in [0.3, 0.4) is 0 Å². The molecular weight excluding hydrogens is 174 g/mol. The van der Waals surface area contributed by atoms with Crippen molar-refractivity contribution in [2.24, 2.45) is 0 Å². The maximum atomic E-state index is 5.52. The second-order valence-electron chi connectivity index (χ2n) is 4.38. The van der Waals surface area contributed by atoms with E-state index in [1.807, 2.05) is 0 Å². The molecule has 14 heavy (non-hydrogen) atoms. The third kappa shape index (κ3) is 3.58. The Morgan fingerprint density at radius 2 is 2.00 bits per heavy atom. The van der Waals surface area contributed by atoms with Crippen molar-refractivity contribution in [3.8, 4) is 0 Å². The molecule has 2 nitrogen and oxygen atoms in total. The summed E-state index contributed by atoms with van der Waals surface area (Å²) in [4.78, 5) is 0. The highest BCUT2D eigenvalue weighted by Crippen LogP contribution is 2.34. The number of hydrogen-bond acceptors (Lipinski definition) is 2. The van der Waals surface area contributed by atoms with Gasteiger partial charge in [0.2, 0.25) is 0 Å². The first-order valence-corrected chi connectivity index (χ1v) is 6.16. The summed E-state index contributed by atoms with van der Waals surface area (Å²) in [5.41, 5.74) is 0.480. The predicted octanol–water partition coefficient (Wildman–Crippen LogP) is 2.73. The van der Waals surface area contributed by atoms with E-state index >= 15 is 0 Å². The van der Waals surface area contributed by atoms with E-state index in [2.05, 4.69) is 19.2 Å². The quantitative estimate of drug-likeness (QED) is 0.607. The van der Waals surface area contributed by atoms with Crippen LogP contribution in [-0.2, 0) is 4.74 Å². The topological polar surface area (TPSA) is 21.3 Å². The minimum atomic E-state index is 0.480. The van der Waals surface area contributed by atoms with Gasteiger partial charge in [-0.05, 0) is 32.1 Å². The third-order valence-corrected chi connectivity index (χ3v) is 3.38. The van der Waals surface area contributed by atoms with Crippen LogP contribution in [0.5, 0.6) is 0 Å². The summed E-state index contributed by atoms with van der Waals surface area (Å²) in [5.74, 6) is 0. The fourth-order valence-electron chi connectivity index (χ4n) is 2.00. The summed E-state index contributed by atoms with van der Waals surface area (Å²) in [5, 5.41) is 3.63. The Labute approximate surface area is 88.4 Å². The van der Waals surface area contributed by atoms with Crippen molar-refractivity contribution in [1.82, 2.24) is 5.32 Å². The molecular formula is C12H25NO. The first-order chi connectivity index (χ1) is 6.83. The Kier molecular flexibility index (Phi) is 5.49. The Bertz CT molecular complexity index is 138. The van der Waals surface area contributed by atoms with E-state index in [0.29, 0.717) is 5.54 Å². The van der Waals surface area contributed by atoms with Crippen LogP contribution in [0.25, 0.3) is 0 Å². The van der Waals surface area contributed by atoms with Gasteiger partial charge in [0.25, 0.3) is 0 Å². The summed E-state index contributed by atoms with van der Waals surface area (Å²) in [6, 6.07) is 0. The van der Waals surface area contributed by atoms with Crippen LogP contribution in [0.15, 0.2) is 0 Å². The van der Waals surface area contributed by atoms with Gasteiger partial charge in [-0.2, -0.15) is 0 Å². The molecule has 0 radical (unpaired) electrons. The Morgan fingerprint density at radius 3 is 2.50 bits per heavy atom. The minimum Gasteiger partial charge on any atom is -0.380 e. The molecule has 0 spiro atoms. The van der Waals surface area contributed by atoms with E-state index in [-0.39, 0.29) is 0 Å². The van der Waals surface area contributed by atoms with Gasteiger partial charge in [0.05, 0.1) is 6.61 Å². The molecule has 84 valence electrons. The molecule has 0 aromatic heterocycles. The van der Waals surface area contributed by atoms with Crippen LogP contribution >= 0.6 is 0 Å². The number of hydrogen-bond donors (Lipinski definition) is 1. The zero-order valence-corrected chi connectivity index (χ0v) is 9.77. The Hall–Kier alpha value is -0.0800. The molecule has 0 bridgehead atoms. The van der Waals surface area contributed by atoms with E-state index in [1.165, 1.54) is 38.5 Å². The molecule has 1 aliphatic carbocycles. The maximum Gasteiger partial charge on any atom is 0.0591 e. The van der Waals surface area contributed by atoms with Gasteiger partial charge >= 0.3 is 0 Å². The summed E-state index contributed by atoms with van der Waals surface area (Å²) in [6.45, 7) is 7.31. The van der Waals surface area contributed by atoms with Crippen molar-refractivity contribution < 1.29 is 4.74 Å². The first-order valence-electron chi connectivity index (χ1n) is 6.16. The van der Waals surface area contributed by atoms with E-state index < -0.39 is 0 Å². The molecule has 1 rings (SSSR count). The van der Waals surface area contributed by atoms with Gasteiger partial charge in [0, 0.05) is 18.7 Å². The smallest absolute Gasteiger partial charge is 0.0591 e. The van der Waals surface area contributed by atoms with E-state index in [9.17, 15) is 0 Å². The standard InChI is InChI=1S/C12H25NO/c1-3-5-10-14-11-9-13-12(4-2)7-6-8-12/h13H,3-11H2,1-2H3. The normalized spacial score (nSPS) is 19.3. The SMILES string of the molecule is CCCCOCCNC1(CC)CCC1. The lowest BCUT2D eigenvalue weighted by molar-refractivity contribution is 0.108. The van der Waals surface area contributed by atoms with E-state index in [0.717, 1.165) is 19.8 Å². The second-order valence-corrected chi connectivity index (χ2v) is 4.38. The lowest BCUT2D eigenvalue weighted by Gasteiger charge is -2.42. The molecule has 1 N–H and O–H groups in total. The number of rotatable bonds is 8. The molecule has 0 atom stereocenters. The highest BCUT2D eigenvalue weighted by atomic mass is 16.5. The minimum absolute atomic E-state index is 0.480. The van der Waals surface area contributed by atoms with Gasteiger partial charge in [-0.15, -0.1) is 0 Å². The Morgan fingerprint density at radius 1 is 1.21 bits per heavy atom. The van der Waals surface area contributed by atoms with Gasteiger partial charge < -0.3 is 10.1 Å². The first kappa shape index (κ1) is 12.0. The second kappa shape index (κ2) is 6.41. The predicted molar refractivity (Wildman–Crippen MR) is 60.6 cm³/mol. The number of nitrogens with one attached hydrogen (secondary N) is 1. The highest BCUT2D eigenvalue weighted by Gasteiger charge is 2.33. The highest BCUT2D eigenvalue weighted by molar-refractivity contribution is 4.94. The van der Waals surface area contributed by atoms with E-state index in [1.54, 1.807) is 0 Å². The van der Waals surface area contributed by atoms with Gasteiger partial charge in [-0.25, -0.2) is 0 Å². The van der Waals surface area contributed by atoms with Crippen LogP contribution in [0, 0.1) is 0 Å². The number of unbranched alkanes of at least 4 members (excludes halogenated alkanes) is 1. The summed E-state index contributed by atoms with van der Waals surface area (Å²) >= 11 is 0. The fourth-order valence-corrected chi connectivity index (χ4v) is 2.00. The van der Waals surface area contributed by atoms with Crippen LogP contribution < -0.4 is 5.32 Å². The molecule has 2 heteroatoms. The summed E-state index contributed by atoms with van der Waals surface area (Å²) < 4.78 is 5.52. The molecule has 0 amide bonds. The average molecular weight is 199 g/mol. The molecule has 0 aromatic carbocycles. The summed E-state index contributed by atoms with van der Waals surface area (Å²) in [6.07, 6.45) is 7.81. The van der Waals surface area contributed by atoms with Crippen LogP contribution in [0.4, 0.5) is 0 Å². The fraction of sp³-hybridized carbons (Fsp3) is 1.00. The van der Waals surface area contributed by atoms with E-state index in [4.69, 9.17) is 4.74 Å². The van der Waals surface area contributed by atoms with Crippen LogP contribution in [0.2, 0.25) is 0 Å². The van der Waals surface area contributed by atoms with Gasteiger partial charge in [-0.1, -0.05) is 20.3 Å². The molecule has 0 heterocycles. The average Bonchev–Trinajstić information content (AvgIpc) is 2.15. The molecule has 0 aromatic rings. The molecule has 1 saturated carbocycles. The van der Waals surface area contributed by atoms with Crippen molar-refractivity contribution >= 4 is 0 Å². The lowest BCUT2D eigenvalue weighted by atomic mass is 9.75. The zero-order valence-electron chi connectivity index (χ0n) is 9.77. The third-order valence-electron chi connectivity index (χ3n) is 3.38. The van der Waals surface area contributed by atoms with Crippen molar-refractivity contribution in [3.63, 3.8) is 0 Å². The molecule has 0 saturated heterocycles. The van der Waals surface area contributed by atoms with Crippen molar-refractivity contribution in [2.75, 3.05) is 19.8 Å². The molecule has 1 aliphatic rings. The van der Waals surface area contributed by atoms with Gasteiger partial charge in [0.1, 0.15) is 0 Å². The monoisotopic (exact) mass is 199 g/mol. The van der Waals surface area contributed by atoms with Gasteiger partial charge in [0.15, 0.2) is 0 Å². The van der Waals surface area contributed by atoms with Crippen molar-refractivity contribution in [3.05, 3.63) is 0 Å². The van der Waals surface area contributed by atoms with Crippen molar-refractivity contribution in [2.45, 2.75) is 57.9 Å².